The predicted molar refractivity (Wildman–Crippen MR) is 114 cm³/mol. The van der Waals surface area contributed by atoms with E-state index in [-0.39, 0.29) is 5.91 Å². The van der Waals surface area contributed by atoms with Crippen LogP contribution in [0.15, 0.2) is 60.0 Å². The average molecular weight is 424 g/mol. The van der Waals surface area contributed by atoms with Crippen LogP contribution in [-0.2, 0) is 11.3 Å². The molecule has 0 N–H and O–H groups in total. The Kier molecular flexibility index (Phi) is 5.79. The lowest BCUT2D eigenvalue weighted by molar-refractivity contribution is -0.129. The summed E-state index contributed by atoms with van der Waals surface area (Å²) in [7, 11) is 1.61. The molecule has 1 aromatic heterocycles. The molecule has 0 aliphatic carbocycles. The number of methoxy groups -OCH3 is 1. The van der Waals surface area contributed by atoms with Crippen LogP contribution in [0.5, 0.6) is 5.75 Å². The minimum Gasteiger partial charge on any atom is -0.497 e. The summed E-state index contributed by atoms with van der Waals surface area (Å²) in [6.07, 6.45) is 4.85. The molecule has 6 nitrogen and oxygen atoms in total. The Morgan fingerprint density at radius 1 is 1.23 bits per heavy atom. The second-order valence-electron chi connectivity index (χ2n) is 7.40. The Balaban J connectivity index is 1.39. The van der Waals surface area contributed by atoms with Crippen molar-refractivity contribution in [2.45, 2.75) is 31.8 Å². The fourth-order valence-corrected chi connectivity index (χ4v) is 3.73. The molecule has 1 atom stereocenters. The molecule has 0 bridgehead atoms. The number of carbonyl (C=O) groups excluding carboxylic acids is 1. The van der Waals surface area contributed by atoms with Crippen LogP contribution in [0, 0.1) is 11.6 Å². The van der Waals surface area contributed by atoms with Gasteiger partial charge in [-0.3, -0.25) is 4.79 Å². The van der Waals surface area contributed by atoms with Crippen LogP contribution >= 0.6 is 0 Å². The summed E-state index contributed by atoms with van der Waals surface area (Å²) in [4.78, 5) is 17.3. The highest BCUT2D eigenvalue weighted by molar-refractivity contribution is 5.94. The summed E-state index contributed by atoms with van der Waals surface area (Å²) in [5, 5.41) is 5.37. The Bertz CT molecular complexity index is 1150. The highest BCUT2D eigenvalue weighted by Gasteiger charge is 2.30. The lowest BCUT2D eigenvalue weighted by Crippen LogP contribution is -2.28. The van der Waals surface area contributed by atoms with Crippen molar-refractivity contribution < 1.29 is 18.3 Å². The van der Waals surface area contributed by atoms with E-state index in [2.05, 4.69) is 16.7 Å². The van der Waals surface area contributed by atoms with E-state index in [0.717, 1.165) is 22.8 Å². The number of nitrogens with zero attached hydrogens (tertiary/aromatic N) is 4. The molecule has 0 saturated heterocycles. The zero-order valence-corrected chi connectivity index (χ0v) is 17.1. The summed E-state index contributed by atoms with van der Waals surface area (Å²) in [6.45, 7) is 4.56. The lowest BCUT2D eigenvalue weighted by Gasteiger charge is -2.23. The highest BCUT2D eigenvalue weighted by atomic mass is 19.1. The van der Waals surface area contributed by atoms with Gasteiger partial charge in [0.2, 0.25) is 0 Å². The number of benzene rings is 2. The number of aromatic nitrogens is 2. The molecule has 1 unspecified atom stereocenters. The molecule has 160 valence electrons. The maximum atomic E-state index is 13.6. The van der Waals surface area contributed by atoms with Gasteiger partial charge in [-0.05, 0) is 42.7 Å². The first kappa shape index (κ1) is 20.7. The fourth-order valence-electron chi connectivity index (χ4n) is 3.73. The molecule has 31 heavy (non-hydrogen) atoms. The molecule has 1 aliphatic heterocycles. The largest absolute Gasteiger partial charge is 0.497 e. The fraction of sp³-hybridized carbons (Fsp3) is 0.261. The molecule has 4 rings (SSSR count). The van der Waals surface area contributed by atoms with Crippen molar-refractivity contribution in [3.8, 4) is 5.75 Å². The van der Waals surface area contributed by atoms with Crippen molar-refractivity contribution in [3.63, 3.8) is 0 Å². The summed E-state index contributed by atoms with van der Waals surface area (Å²) >= 11 is 0. The SMILES string of the molecule is C=C(CCCn1cnc2ccc(OC)cc21)C(=O)N1N=CCC1c1cc(F)cc(F)c1. The average Bonchev–Trinajstić information content (AvgIpc) is 3.39. The molecule has 0 fully saturated rings. The smallest absolute Gasteiger partial charge is 0.269 e. The molecule has 3 aromatic rings. The number of carbonyl (C=O) groups is 1. The van der Waals surface area contributed by atoms with E-state index in [4.69, 9.17) is 4.74 Å². The monoisotopic (exact) mass is 424 g/mol. The zero-order chi connectivity index (χ0) is 22.0. The predicted octanol–water partition coefficient (Wildman–Crippen LogP) is 4.62. The third-order valence-electron chi connectivity index (χ3n) is 5.32. The molecule has 8 heteroatoms. The van der Waals surface area contributed by atoms with E-state index in [0.29, 0.717) is 36.9 Å². The number of fused-ring (bicyclic) bond motifs is 1. The van der Waals surface area contributed by atoms with Gasteiger partial charge in [-0.1, -0.05) is 6.58 Å². The quantitative estimate of drug-likeness (QED) is 0.520. The number of ether oxygens (including phenoxy) is 1. The van der Waals surface area contributed by atoms with Gasteiger partial charge in [-0.2, -0.15) is 5.10 Å². The van der Waals surface area contributed by atoms with Crippen LogP contribution in [0.4, 0.5) is 8.78 Å². The molecule has 0 radical (unpaired) electrons. The molecule has 1 amide bonds. The number of amides is 1. The number of imidazole rings is 1. The van der Waals surface area contributed by atoms with Gasteiger partial charge in [0.05, 0.1) is 30.5 Å². The first-order valence-electron chi connectivity index (χ1n) is 9.95. The minimum atomic E-state index is -0.683. The van der Waals surface area contributed by atoms with Crippen LogP contribution in [0.25, 0.3) is 11.0 Å². The molecular weight excluding hydrogens is 402 g/mol. The number of hydrazone groups is 1. The third kappa shape index (κ3) is 4.33. The summed E-state index contributed by atoms with van der Waals surface area (Å²) < 4.78 is 34.5. The van der Waals surface area contributed by atoms with Crippen LogP contribution in [0.1, 0.15) is 30.9 Å². The molecule has 2 aromatic carbocycles. The van der Waals surface area contributed by atoms with Crippen molar-refractivity contribution in [2.75, 3.05) is 7.11 Å². The summed E-state index contributed by atoms with van der Waals surface area (Å²) in [6, 6.07) is 8.39. The second-order valence-corrected chi connectivity index (χ2v) is 7.40. The van der Waals surface area contributed by atoms with Crippen LogP contribution in [0.2, 0.25) is 0 Å². The number of hydrogen-bond acceptors (Lipinski definition) is 4. The number of aryl methyl sites for hydroxylation is 1. The number of rotatable bonds is 7. The van der Waals surface area contributed by atoms with Crippen LogP contribution < -0.4 is 4.74 Å². The zero-order valence-electron chi connectivity index (χ0n) is 17.1. The van der Waals surface area contributed by atoms with E-state index in [9.17, 15) is 13.6 Å². The maximum Gasteiger partial charge on any atom is 0.269 e. The molecule has 1 aliphatic rings. The molecular formula is C23H22F2N4O2. The number of halogens is 2. The van der Waals surface area contributed by atoms with Gasteiger partial charge in [0.1, 0.15) is 17.4 Å². The van der Waals surface area contributed by atoms with Gasteiger partial charge >= 0.3 is 0 Å². The topological polar surface area (TPSA) is 59.7 Å². The molecule has 0 spiro atoms. The Labute approximate surface area is 178 Å². The Morgan fingerprint density at radius 3 is 2.74 bits per heavy atom. The lowest BCUT2D eigenvalue weighted by atomic mass is 10.0. The van der Waals surface area contributed by atoms with Crippen molar-refractivity contribution in [3.05, 3.63) is 72.1 Å². The molecule has 0 saturated carbocycles. The van der Waals surface area contributed by atoms with Gasteiger partial charge < -0.3 is 9.30 Å². The van der Waals surface area contributed by atoms with Crippen molar-refractivity contribution >= 4 is 23.2 Å². The Morgan fingerprint density at radius 2 is 2.00 bits per heavy atom. The maximum absolute atomic E-state index is 13.6. The summed E-state index contributed by atoms with van der Waals surface area (Å²) in [5.74, 6) is -0.962. The van der Waals surface area contributed by atoms with E-state index < -0.39 is 17.7 Å². The minimum absolute atomic E-state index is 0.347. The first-order valence-corrected chi connectivity index (χ1v) is 9.95. The van der Waals surface area contributed by atoms with Crippen LogP contribution in [0.3, 0.4) is 0 Å². The van der Waals surface area contributed by atoms with E-state index in [1.54, 1.807) is 19.7 Å². The van der Waals surface area contributed by atoms with E-state index in [1.165, 1.54) is 17.1 Å². The second kappa shape index (κ2) is 8.67. The first-order chi connectivity index (χ1) is 15.0. The molecule has 2 heterocycles. The third-order valence-corrected chi connectivity index (χ3v) is 5.32. The van der Waals surface area contributed by atoms with Gasteiger partial charge in [0, 0.05) is 36.9 Å². The van der Waals surface area contributed by atoms with Crippen molar-refractivity contribution in [1.29, 1.82) is 0 Å². The van der Waals surface area contributed by atoms with E-state index in [1.807, 2.05) is 22.8 Å². The standard InChI is InChI=1S/C23H22F2N4O2/c1-15(4-3-9-28-14-26-20-6-5-19(31-2)13-22(20)28)23(30)29-21(7-8-27-29)16-10-17(24)12-18(25)11-16/h5-6,8,10-14,21H,1,3-4,7,9H2,2H3. The summed E-state index contributed by atoms with van der Waals surface area (Å²) in [5.41, 5.74) is 2.58. The Hall–Kier alpha value is -3.55. The normalized spacial score (nSPS) is 15.6. The van der Waals surface area contributed by atoms with Gasteiger partial charge in [-0.15, -0.1) is 0 Å². The van der Waals surface area contributed by atoms with Crippen molar-refractivity contribution in [1.82, 2.24) is 14.6 Å². The van der Waals surface area contributed by atoms with Crippen molar-refractivity contribution in [2.24, 2.45) is 5.10 Å². The van der Waals surface area contributed by atoms with Crippen LogP contribution in [-0.4, -0.2) is 33.8 Å². The van der Waals surface area contributed by atoms with Gasteiger partial charge in [0.15, 0.2) is 0 Å². The van der Waals surface area contributed by atoms with Gasteiger partial charge in [-0.25, -0.2) is 18.8 Å². The van der Waals surface area contributed by atoms with E-state index >= 15 is 0 Å². The number of hydrogen-bond donors (Lipinski definition) is 0. The van der Waals surface area contributed by atoms with Gasteiger partial charge in [0.25, 0.3) is 5.91 Å². The highest BCUT2D eigenvalue weighted by Crippen LogP contribution is 2.31.